The van der Waals surface area contributed by atoms with Crippen LogP contribution in [0.4, 0.5) is 5.13 Å². The van der Waals surface area contributed by atoms with Gasteiger partial charge in [0.2, 0.25) is 5.13 Å². The molecule has 2 heterocycles. The van der Waals surface area contributed by atoms with E-state index in [9.17, 15) is 9.59 Å². The van der Waals surface area contributed by atoms with Crippen LogP contribution in [-0.4, -0.2) is 16.1 Å². The first-order valence-corrected chi connectivity index (χ1v) is 8.01. The predicted molar refractivity (Wildman–Crippen MR) is 88.9 cm³/mol. The number of fused-ring (bicyclic) bond motifs is 1. The lowest BCUT2D eigenvalue weighted by molar-refractivity contribution is 0.0997. The average molecular weight is 329 g/mol. The quantitative estimate of drug-likeness (QED) is 0.795. The van der Waals surface area contributed by atoms with Gasteiger partial charge in [-0.05, 0) is 18.1 Å². The summed E-state index contributed by atoms with van der Waals surface area (Å²) in [5.41, 5.74) is 0.123. The highest BCUT2D eigenvalue weighted by molar-refractivity contribution is 7.15. The third kappa shape index (κ3) is 3.45. The van der Waals surface area contributed by atoms with Crippen molar-refractivity contribution >= 4 is 33.3 Å². The van der Waals surface area contributed by atoms with E-state index >= 15 is 0 Å². The zero-order chi connectivity index (χ0) is 16.4. The molecule has 2 aromatic heterocycles. The van der Waals surface area contributed by atoms with Crippen LogP contribution in [0.15, 0.2) is 39.5 Å². The van der Waals surface area contributed by atoms with Gasteiger partial charge in [0.15, 0.2) is 11.2 Å². The van der Waals surface area contributed by atoms with Crippen molar-refractivity contribution < 1.29 is 9.21 Å². The van der Waals surface area contributed by atoms with Crippen molar-refractivity contribution in [3.8, 4) is 0 Å². The molecule has 23 heavy (non-hydrogen) atoms. The van der Waals surface area contributed by atoms with Gasteiger partial charge in [-0.3, -0.25) is 14.9 Å². The summed E-state index contributed by atoms with van der Waals surface area (Å²) in [7, 11) is 0. The smallest absolute Gasteiger partial charge is 0.293 e. The Balaban J connectivity index is 1.83. The fraction of sp³-hybridized carbons (Fsp3) is 0.250. The molecule has 0 aliphatic heterocycles. The molecule has 0 spiro atoms. The minimum Gasteiger partial charge on any atom is -0.451 e. The number of nitrogens with zero attached hydrogens (tertiary/aromatic N) is 2. The molecule has 1 amide bonds. The number of carbonyl (C=O) groups is 1. The summed E-state index contributed by atoms with van der Waals surface area (Å²) in [6.45, 7) is 4.17. The van der Waals surface area contributed by atoms with Crippen LogP contribution < -0.4 is 10.7 Å². The van der Waals surface area contributed by atoms with Crippen LogP contribution in [0.3, 0.4) is 0 Å². The molecule has 0 unspecified atom stereocenters. The molecule has 1 N–H and O–H groups in total. The molecule has 0 bridgehead atoms. The highest BCUT2D eigenvalue weighted by Gasteiger charge is 2.15. The monoisotopic (exact) mass is 329 g/mol. The zero-order valence-electron chi connectivity index (χ0n) is 12.7. The second kappa shape index (κ2) is 6.29. The molecule has 0 radical (unpaired) electrons. The second-order valence-electron chi connectivity index (χ2n) is 5.52. The number of aromatic nitrogens is 2. The summed E-state index contributed by atoms with van der Waals surface area (Å²) in [4.78, 5) is 24.3. The third-order valence-corrected chi connectivity index (χ3v) is 3.99. The lowest BCUT2D eigenvalue weighted by Crippen LogP contribution is -2.14. The van der Waals surface area contributed by atoms with Gasteiger partial charge in [0.05, 0.1) is 5.39 Å². The van der Waals surface area contributed by atoms with Crippen molar-refractivity contribution in [3.63, 3.8) is 0 Å². The fourth-order valence-electron chi connectivity index (χ4n) is 2.11. The highest BCUT2D eigenvalue weighted by Crippen LogP contribution is 2.19. The molecule has 3 aromatic rings. The van der Waals surface area contributed by atoms with E-state index in [-0.39, 0.29) is 11.2 Å². The number of nitrogens with one attached hydrogen (secondary N) is 1. The van der Waals surface area contributed by atoms with Crippen molar-refractivity contribution in [1.82, 2.24) is 10.2 Å². The number of hydrogen-bond acceptors (Lipinski definition) is 6. The molecule has 0 aliphatic rings. The molecule has 0 saturated carbocycles. The van der Waals surface area contributed by atoms with Gasteiger partial charge in [-0.15, -0.1) is 10.2 Å². The van der Waals surface area contributed by atoms with E-state index in [2.05, 4.69) is 29.4 Å². The largest absolute Gasteiger partial charge is 0.451 e. The Morgan fingerprint density at radius 3 is 2.87 bits per heavy atom. The van der Waals surface area contributed by atoms with Crippen LogP contribution in [0.5, 0.6) is 0 Å². The molecule has 7 heteroatoms. The maximum absolute atomic E-state index is 12.2. The molecule has 3 rings (SSSR count). The minimum absolute atomic E-state index is 0.0469. The van der Waals surface area contributed by atoms with Crippen molar-refractivity contribution in [2.24, 2.45) is 5.92 Å². The van der Waals surface area contributed by atoms with Crippen molar-refractivity contribution in [1.29, 1.82) is 0 Å². The first-order chi connectivity index (χ1) is 11.0. The number of carbonyl (C=O) groups excluding carboxylic acids is 1. The lowest BCUT2D eigenvalue weighted by Gasteiger charge is -2.02. The zero-order valence-corrected chi connectivity index (χ0v) is 13.5. The van der Waals surface area contributed by atoms with Crippen molar-refractivity contribution in [2.75, 3.05) is 5.32 Å². The first kappa shape index (κ1) is 15.4. The molecule has 6 nitrogen and oxygen atoms in total. The number of rotatable bonds is 4. The second-order valence-corrected chi connectivity index (χ2v) is 6.59. The average Bonchev–Trinajstić information content (AvgIpc) is 2.93. The highest BCUT2D eigenvalue weighted by atomic mass is 32.1. The number of anilines is 1. The molecule has 118 valence electrons. The first-order valence-electron chi connectivity index (χ1n) is 7.19. The summed E-state index contributed by atoms with van der Waals surface area (Å²) in [5, 5.41) is 12.3. The SMILES string of the molecule is CC(C)Cc1nnc(NC(=O)c2cc(=O)c3ccccc3o2)s1. The van der Waals surface area contributed by atoms with E-state index in [1.807, 2.05) is 0 Å². The van der Waals surface area contributed by atoms with Crippen molar-refractivity contribution in [3.05, 3.63) is 51.3 Å². The Morgan fingerprint density at radius 2 is 2.09 bits per heavy atom. The molecular weight excluding hydrogens is 314 g/mol. The van der Waals surface area contributed by atoms with E-state index < -0.39 is 5.91 Å². The Bertz CT molecular complexity index is 914. The lowest BCUT2D eigenvalue weighted by atomic mass is 10.1. The standard InChI is InChI=1S/C16H15N3O3S/c1-9(2)7-14-18-19-16(23-14)17-15(21)13-8-11(20)10-5-3-4-6-12(10)22-13/h3-6,8-9H,7H2,1-2H3,(H,17,19,21). The Kier molecular flexibility index (Phi) is 4.20. The fourth-order valence-corrected chi connectivity index (χ4v) is 3.06. The van der Waals surface area contributed by atoms with Gasteiger partial charge in [-0.25, -0.2) is 0 Å². The van der Waals surface area contributed by atoms with Gasteiger partial charge in [0.1, 0.15) is 10.6 Å². The van der Waals surface area contributed by atoms with Crippen LogP contribution in [0.25, 0.3) is 11.0 Å². The third-order valence-electron chi connectivity index (χ3n) is 3.13. The van der Waals surface area contributed by atoms with Gasteiger partial charge in [0, 0.05) is 12.5 Å². The molecule has 0 aliphatic carbocycles. The topological polar surface area (TPSA) is 85.1 Å². The van der Waals surface area contributed by atoms with Crippen LogP contribution in [-0.2, 0) is 6.42 Å². The predicted octanol–water partition coefficient (Wildman–Crippen LogP) is 3.10. The molecule has 0 atom stereocenters. The van der Waals surface area contributed by atoms with Gasteiger partial charge in [0.25, 0.3) is 5.91 Å². The Morgan fingerprint density at radius 1 is 1.30 bits per heavy atom. The van der Waals surface area contributed by atoms with Gasteiger partial charge in [-0.1, -0.05) is 37.3 Å². The van der Waals surface area contributed by atoms with Gasteiger partial charge >= 0.3 is 0 Å². The maximum Gasteiger partial charge on any atom is 0.293 e. The van der Waals surface area contributed by atoms with Crippen molar-refractivity contribution in [2.45, 2.75) is 20.3 Å². The minimum atomic E-state index is -0.514. The van der Waals surface area contributed by atoms with E-state index in [0.29, 0.717) is 22.0 Å². The number of benzene rings is 1. The van der Waals surface area contributed by atoms with E-state index in [4.69, 9.17) is 4.42 Å². The summed E-state index contributed by atoms with van der Waals surface area (Å²) in [6.07, 6.45) is 0.804. The molecular formula is C16H15N3O3S. The normalized spacial score (nSPS) is 11.1. The number of amides is 1. The van der Waals surface area contributed by atoms with Gasteiger partial charge in [-0.2, -0.15) is 0 Å². The van der Waals surface area contributed by atoms with Gasteiger partial charge < -0.3 is 4.42 Å². The summed E-state index contributed by atoms with van der Waals surface area (Å²) >= 11 is 1.32. The Labute approximate surface area is 136 Å². The molecule has 0 saturated heterocycles. The number of para-hydroxylation sites is 1. The summed E-state index contributed by atoms with van der Waals surface area (Å²) in [5.74, 6) is -0.0978. The summed E-state index contributed by atoms with van der Waals surface area (Å²) in [6, 6.07) is 7.99. The van der Waals surface area contributed by atoms with E-state index in [1.54, 1.807) is 24.3 Å². The van der Waals surface area contributed by atoms with Crippen LogP contribution in [0.2, 0.25) is 0 Å². The van der Waals surface area contributed by atoms with Crippen LogP contribution in [0, 0.1) is 5.92 Å². The van der Waals surface area contributed by atoms with Crippen LogP contribution in [0.1, 0.15) is 29.4 Å². The summed E-state index contributed by atoms with van der Waals surface area (Å²) < 4.78 is 5.49. The van der Waals surface area contributed by atoms with E-state index in [1.165, 1.54) is 17.4 Å². The van der Waals surface area contributed by atoms with Crippen LogP contribution >= 0.6 is 11.3 Å². The maximum atomic E-state index is 12.2. The number of hydrogen-bond donors (Lipinski definition) is 1. The molecule has 1 aromatic carbocycles. The van der Waals surface area contributed by atoms with E-state index in [0.717, 1.165) is 11.4 Å². The molecule has 0 fully saturated rings. The Hall–Kier alpha value is -2.54.